The number of rotatable bonds is 5. The number of nitrogens with zero attached hydrogens (tertiary/aromatic N) is 1. The van der Waals surface area contributed by atoms with E-state index in [1.165, 1.54) is 19.3 Å². The van der Waals surface area contributed by atoms with E-state index in [0.29, 0.717) is 6.04 Å². The summed E-state index contributed by atoms with van der Waals surface area (Å²) in [6, 6.07) is 6.75. The first-order chi connectivity index (χ1) is 7.38. The highest BCUT2D eigenvalue weighted by molar-refractivity contribution is 5.45. The molecule has 0 amide bonds. The lowest BCUT2D eigenvalue weighted by molar-refractivity contribution is 0.444. The van der Waals surface area contributed by atoms with E-state index < -0.39 is 0 Å². The van der Waals surface area contributed by atoms with Crippen molar-refractivity contribution >= 4 is 11.6 Å². The minimum absolute atomic E-state index is 0.652. The summed E-state index contributed by atoms with van der Waals surface area (Å²) in [5.74, 6) is 1.97. The molecular formula is C12H19N3. The molecule has 3 nitrogen and oxygen atoms in total. The lowest BCUT2D eigenvalue weighted by atomic mass is 9.93. The topological polar surface area (TPSA) is 37.0 Å². The molecular weight excluding hydrogens is 186 g/mol. The zero-order chi connectivity index (χ0) is 10.5. The Kier molecular flexibility index (Phi) is 3.43. The van der Waals surface area contributed by atoms with E-state index >= 15 is 0 Å². The lowest BCUT2D eigenvalue weighted by Gasteiger charge is -2.27. The molecule has 1 aliphatic carbocycles. The summed E-state index contributed by atoms with van der Waals surface area (Å²) >= 11 is 0. The maximum atomic E-state index is 4.51. The van der Waals surface area contributed by atoms with Crippen molar-refractivity contribution in [1.29, 1.82) is 0 Å². The van der Waals surface area contributed by atoms with E-state index in [2.05, 4.69) is 22.5 Å². The standard InChI is InChI=1S/C12H19N3/c1-2-9-13-11-7-4-8-12(15-11)14-10-5-3-6-10/h4,7-8,10H,2-3,5-6,9H2,1H3,(H2,13,14,15). The SMILES string of the molecule is CCCNc1cccc(NC2CCC2)n1. The predicted molar refractivity (Wildman–Crippen MR) is 64.3 cm³/mol. The quantitative estimate of drug-likeness (QED) is 0.776. The van der Waals surface area contributed by atoms with Crippen LogP contribution >= 0.6 is 0 Å². The molecule has 0 radical (unpaired) electrons. The third-order valence-corrected chi connectivity index (χ3v) is 2.76. The van der Waals surface area contributed by atoms with Gasteiger partial charge in [0, 0.05) is 12.6 Å². The fourth-order valence-electron chi connectivity index (χ4n) is 1.63. The average molecular weight is 205 g/mol. The van der Waals surface area contributed by atoms with Crippen molar-refractivity contribution in [3.05, 3.63) is 18.2 Å². The molecule has 0 aromatic carbocycles. The summed E-state index contributed by atoms with van der Waals surface area (Å²) in [5, 5.41) is 6.74. The van der Waals surface area contributed by atoms with Crippen molar-refractivity contribution in [3.63, 3.8) is 0 Å². The summed E-state index contributed by atoms with van der Waals surface area (Å²) < 4.78 is 0. The van der Waals surface area contributed by atoms with Gasteiger partial charge in [-0.25, -0.2) is 4.98 Å². The van der Waals surface area contributed by atoms with E-state index in [1.54, 1.807) is 0 Å². The molecule has 1 saturated carbocycles. The van der Waals surface area contributed by atoms with E-state index in [-0.39, 0.29) is 0 Å². The highest BCUT2D eigenvalue weighted by Gasteiger charge is 2.17. The molecule has 1 aromatic heterocycles. The number of pyridine rings is 1. The Morgan fingerprint density at radius 2 is 2.13 bits per heavy atom. The molecule has 1 aliphatic rings. The van der Waals surface area contributed by atoms with Gasteiger partial charge in [0.2, 0.25) is 0 Å². The smallest absolute Gasteiger partial charge is 0.128 e. The van der Waals surface area contributed by atoms with Gasteiger partial charge in [-0.15, -0.1) is 0 Å². The molecule has 15 heavy (non-hydrogen) atoms. The van der Waals surface area contributed by atoms with E-state index in [9.17, 15) is 0 Å². The van der Waals surface area contributed by atoms with Crippen molar-refractivity contribution in [1.82, 2.24) is 4.98 Å². The first kappa shape index (κ1) is 10.3. The van der Waals surface area contributed by atoms with Gasteiger partial charge in [-0.3, -0.25) is 0 Å². The van der Waals surface area contributed by atoms with Crippen LogP contribution in [0.2, 0.25) is 0 Å². The van der Waals surface area contributed by atoms with Crippen LogP contribution in [0.15, 0.2) is 18.2 Å². The molecule has 1 aromatic rings. The second-order valence-corrected chi connectivity index (χ2v) is 4.11. The van der Waals surface area contributed by atoms with Gasteiger partial charge in [0.15, 0.2) is 0 Å². The van der Waals surface area contributed by atoms with Crippen LogP contribution in [-0.4, -0.2) is 17.6 Å². The molecule has 0 saturated heterocycles. The van der Waals surface area contributed by atoms with Gasteiger partial charge < -0.3 is 10.6 Å². The van der Waals surface area contributed by atoms with Crippen LogP contribution in [0.3, 0.4) is 0 Å². The van der Waals surface area contributed by atoms with Crippen LogP contribution in [0.4, 0.5) is 11.6 Å². The first-order valence-corrected chi connectivity index (χ1v) is 5.86. The highest BCUT2D eigenvalue weighted by Crippen LogP contribution is 2.22. The van der Waals surface area contributed by atoms with Crippen LogP contribution in [0.5, 0.6) is 0 Å². The van der Waals surface area contributed by atoms with E-state index in [0.717, 1.165) is 24.6 Å². The minimum Gasteiger partial charge on any atom is -0.370 e. The summed E-state index contributed by atoms with van der Waals surface area (Å²) in [7, 11) is 0. The molecule has 1 heterocycles. The van der Waals surface area contributed by atoms with Crippen molar-refractivity contribution in [2.75, 3.05) is 17.2 Å². The Morgan fingerprint density at radius 3 is 2.80 bits per heavy atom. The number of hydrogen-bond acceptors (Lipinski definition) is 3. The van der Waals surface area contributed by atoms with Crippen LogP contribution < -0.4 is 10.6 Å². The summed E-state index contributed by atoms with van der Waals surface area (Å²) in [6.07, 6.45) is 5.05. The Labute approximate surface area is 91.3 Å². The highest BCUT2D eigenvalue weighted by atomic mass is 15.1. The van der Waals surface area contributed by atoms with Gasteiger partial charge in [0.25, 0.3) is 0 Å². The molecule has 2 rings (SSSR count). The third-order valence-electron chi connectivity index (χ3n) is 2.76. The van der Waals surface area contributed by atoms with Crippen LogP contribution in [-0.2, 0) is 0 Å². The van der Waals surface area contributed by atoms with Gasteiger partial charge in [-0.2, -0.15) is 0 Å². The lowest BCUT2D eigenvalue weighted by Crippen LogP contribution is -2.27. The van der Waals surface area contributed by atoms with Crippen molar-refractivity contribution < 1.29 is 0 Å². The maximum Gasteiger partial charge on any atom is 0.128 e. The summed E-state index contributed by atoms with van der Waals surface area (Å²) in [5.41, 5.74) is 0. The van der Waals surface area contributed by atoms with Crippen LogP contribution in [0, 0.1) is 0 Å². The molecule has 0 bridgehead atoms. The number of nitrogens with one attached hydrogen (secondary N) is 2. The molecule has 0 aliphatic heterocycles. The number of anilines is 2. The Hall–Kier alpha value is -1.25. The zero-order valence-electron chi connectivity index (χ0n) is 9.29. The Bertz CT molecular complexity index is 307. The second kappa shape index (κ2) is 5.01. The van der Waals surface area contributed by atoms with E-state index in [1.807, 2.05) is 18.2 Å². The van der Waals surface area contributed by atoms with Crippen LogP contribution in [0.25, 0.3) is 0 Å². The molecule has 2 N–H and O–H groups in total. The maximum absolute atomic E-state index is 4.51. The van der Waals surface area contributed by atoms with E-state index in [4.69, 9.17) is 0 Å². The largest absolute Gasteiger partial charge is 0.370 e. The fourth-order valence-corrected chi connectivity index (χ4v) is 1.63. The monoisotopic (exact) mass is 205 g/mol. The van der Waals surface area contributed by atoms with Gasteiger partial charge in [0.05, 0.1) is 0 Å². The number of hydrogen-bond donors (Lipinski definition) is 2. The minimum atomic E-state index is 0.652. The fraction of sp³-hybridized carbons (Fsp3) is 0.583. The van der Waals surface area contributed by atoms with Gasteiger partial charge in [0.1, 0.15) is 11.6 Å². The molecule has 3 heteroatoms. The normalized spacial score (nSPS) is 15.8. The van der Waals surface area contributed by atoms with Gasteiger partial charge in [-0.1, -0.05) is 13.0 Å². The van der Waals surface area contributed by atoms with Crippen molar-refractivity contribution in [3.8, 4) is 0 Å². The molecule has 0 spiro atoms. The molecule has 0 atom stereocenters. The third kappa shape index (κ3) is 2.85. The summed E-state index contributed by atoms with van der Waals surface area (Å²) in [4.78, 5) is 4.51. The van der Waals surface area contributed by atoms with Crippen molar-refractivity contribution in [2.45, 2.75) is 38.6 Å². The van der Waals surface area contributed by atoms with Crippen LogP contribution in [0.1, 0.15) is 32.6 Å². The molecule has 1 fully saturated rings. The zero-order valence-corrected chi connectivity index (χ0v) is 9.29. The number of aromatic nitrogens is 1. The predicted octanol–water partition coefficient (Wildman–Crippen LogP) is 2.87. The average Bonchev–Trinajstić information content (AvgIpc) is 2.21. The Balaban J connectivity index is 1.92. The van der Waals surface area contributed by atoms with Crippen molar-refractivity contribution in [2.24, 2.45) is 0 Å². The first-order valence-electron chi connectivity index (χ1n) is 5.86. The molecule has 82 valence electrons. The molecule has 0 unspecified atom stereocenters. The second-order valence-electron chi connectivity index (χ2n) is 4.11. The van der Waals surface area contributed by atoms with Gasteiger partial charge in [-0.05, 0) is 37.8 Å². The summed E-state index contributed by atoms with van der Waals surface area (Å²) in [6.45, 7) is 3.14. The van der Waals surface area contributed by atoms with Gasteiger partial charge >= 0.3 is 0 Å². The Morgan fingerprint density at radius 1 is 1.33 bits per heavy atom.